The van der Waals surface area contributed by atoms with Gasteiger partial charge in [0.15, 0.2) is 0 Å². The highest BCUT2D eigenvalue weighted by atomic mass is 79.9. The van der Waals surface area contributed by atoms with Gasteiger partial charge in [-0.05, 0) is 73.2 Å². The third-order valence-corrected chi connectivity index (χ3v) is 8.76. The van der Waals surface area contributed by atoms with Crippen molar-refractivity contribution in [1.29, 1.82) is 0 Å². The molecule has 4 aromatic rings. The molecule has 0 aliphatic rings. The van der Waals surface area contributed by atoms with Crippen molar-refractivity contribution < 1.29 is 22.4 Å². The number of amides is 2. The first-order chi connectivity index (χ1) is 19.5. The Morgan fingerprint density at radius 1 is 0.927 bits per heavy atom. The summed E-state index contributed by atoms with van der Waals surface area (Å²) in [6.45, 7) is 1.76. The van der Waals surface area contributed by atoms with Gasteiger partial charge in [-0.25, -0.2) is 13.8 Å². The summed E-state index contributed by atoms with van der Waals surface area (Å²) in [6, 6.07) is 21.3. The first-order valence-corrected chi connectivity index (χ1v) is 15.0. The lowest BCUT2D eigenvalue weighted by atomic mass is 10.2. The number of carbonyl (C=O) groups excluding carboxylic acids is 2. The number of carbonyl (C=O) groups is 2. The van der Waals surface area contributed by atoms with Crippen LogP contribution in [0.2, 0.25) is 10.0 Å². The third kappa shape index (κ3) is 8.27. The van der Waals surface area contributed by atoms with Gasteiger partial charge in [0.25, 0.3) is 0 Å². The van der Waals surface area contributed by atoms with Crippen LogP contribution in [0, 0.1) is 6.92 Å². The van der Waals surface area contributed by atoms with E-state index in [2.05, 4.69) is 31.8 Å². The molecule has 0 spiro atoms. The van der Waals surface area contributed by atoms with E-state index in [1.54, 1.807) is 78.9 Å². The maximum atomic E-state index is 13.6. The Balaban J connectivity index is 1.46. The van der Waals surface area contributed by atoms with E-state index in [1.165, 1.54) is 10.5 Å². The van der Waals surface area contributed by atoms with E-state index < -0.39 is 21.8 Å². The second kappa shape index (κ2) is 13.5. The zero-order chi connectivity index (χ0) is 29.6. The molecule has 0 fully saturated rings. The fourth-order valence-electron chi connectivity index (χ4n) is 3.58. The quantitative estimate of drug-likeness (QED) is 0.125. The van der Waals surface area contributed by atoms with Crippen LogP contribution >= 0.6 is 39.1 Å². The molecule has 0 aliphatic heterocycles. The molecule has 2 N–H and O–H groups in total. The van der Waals surface area contributed by atoms with Gasteiger partial charge in [-0.15, -0.1) is 0 Å². The van der Waals surface area contributed by atoms with Crippen LogP contribution in [0.25, 0.3) is 0 Å². The molecule has 2 amide bonds. The van der Waals surface area contributed by atoms with E-state index in [4.69, 9.17) is 27.6 Å². The minimum atomic E-state index is -3.93. The molecule has 4 rings (SSSR count). The number of nitrogens with zero attached hydrogens (tertiary/aromatic N) is 2. The zero-order valence-corrected chi connectivity index (χ0v) is 25.4. The minimum Gasteiger partial charge on any atom is -0.459 e. The molecule has 0 saturated carbocycles. The van der Waals surface area contributed by atoms with E-state index in [0.717, 1.165) is 10.0 Å². The Morgan fingerprint density at radius 2 is 1.63 bits per heavy atom. The van der Waals surface area contributed by atoms with Crippen molar-refractivity contribution in [3.63, 3.8) is 0 Å². The molecular weight excluding hydrogens is 655 g/mol. The van der Waals surface area contributed by atoms with E-state index in [-0.39, 0.29) is 23.7 Å². The van der Waals surface area contributed by atoms with Crippen LogP contribution in [0.15, 0.2) is 97.7 Å². The lowest BCUT2D eigenvalue weighted by Crippen LogP contribution is -2.32. The fraction of sp³-hybridized carbons (Fsp3) is 0.107. The van der Waals surface area contributed by atoms with Crippen LogP contribution in [0.5, 0.6) is 0 Å². The summed E-state index contributed by atoms with van der Waals surface area (Å²) in [5.74, 6) is -1.32. The number of furan rings is 1. The van der Waals surface area contributed by atoms with Gasteiger partial charge in [-0.2, -0.15) is 9.41 Å². The average Bonchev–Trinajstić information content (AvgIpc) is 3.39. The van der Waals surface area contributed by atoms with E-state index in [9.17, 15) is 18.0 Å². The molecule has 41 heavy (non-hydrogen) atoms. The number of halogens is 3. The fourth-order valence-corrected chi connectivity index (χ4v) is 5.56. The predicted molar refractivity (Wildman–Crippen MR) is 161 cm³/mol. The molecular formula is C28H23BrCl2N4O5S. The molecule has 1 aromatic heterocycles. The molecule has 13 heteroatoms. The molecule has 0 atom stereocenters. The van der Waals surface area contributed by atoms with E-state index in [0.29, 0.717) is 27.1 Å². The molecule has 0 radical (unpaired) electrons. The number of hydrogen-bond donors (Lipinski definition) is 2. The summed E-state index contributed by atoms with van der Waals surface area (Å²) in [5.41, 5.74) is 4.12. The standard InChI is InChI=1S/C28H23BrCl2N4O5S/c1-18-2-11-24(12-3-18)41(38,39)35(16-19-4-13-25(30)26(31)14-19)17-23-10-9-22(40-23)15-32-34-28(37)27(36)33-21-7-5-20(29)6-8-21/h2-15H,16-17H2,1H3,(H,33,36)(H,34,37)/b32-15+. The number of hydrazone groups is 1. The Bertz CT molecular complexity index is 1690. The van der Waals surface area contributed by atoms with Crippen molar-refractivity contribution in [3.8, 4) is 0 Å². The number of hydrogen-bond acceptors (Lipinski definition) is 6. The Kier molecular flexibility index (Phi) is 10.0. The smallest absolute Gasteiger partial charge is 0.329 e. The molecule has 3 aromatic carbocycles. The maximum Gasteiger partial charge on any atom is 0.329 e. The SMILES string of the molecule is Cc1ccc(S(=O)(=O)N(Cc2ccc(Cl)c(Cl)c2)Cc2ccc(/C=N/NC(=O)C(=O)Nc3ccc(Br)cc3)o2)cc1. The van der Waals surface area contributed by atoms with Crippen LogP contribution in [0.4, 0.5) is 5.69 Å². The molecule has 0 unspecified atom stereocenters. The number of sulfonamides is 1. The monoisotopic (exact) mass is 676 g/mol. The van der Waals surface area contributed by atoms with Crippen molar-refractivity contribution in [2.45, 2.75) is 24.9 Å². The summed E-state index contributed by atoms with van der Waals surface area (Å²) >= 11 is 15.5. The lowest BCUT2D eigenvalue weighted by Gasteiger charge is -2.22. The van der Waals surface area contributed by atoms with Gasteiger partial charge >= 0.3 is 11.8 Å². The highest BCUT2D eigenvalue weighted by Crippen LogP contribution is 2.26. The van der Waals surface area contributed by atoms with Crippen molar-refractivity contribution >= 4 is 72.9 Å². The van der Waals surface area contributed by atoms with Crippen molar-refractivity contribution in [1.82, 2.24) is 9.73 Å². The van der Waals surface area contributed by atoms with E-state index in [1.807, 2.05) is 6.92 Å². The largest absolute Gasteiger partial charge is 0.459 e. The summed E-state index contributed by atoms with van der Waals surface area (Å²) < 4.78 is 35.0. The first kappa shape index (κ1) is 30.5. The van der Waals surface area contributed by atoms with Crippen LogP contribution in [-0.2, 0) is 32.7 Å². The minimum absolute atomic E-state index is 0.000751. The summed E-state index contributed by atoms with van der Waals surface area (Å²) in [7, 11) is -3.93. The Morgan fingerprint density at radius 3 is 2.32 bits per heavy atom. The van der Waals surface area contributed by atoms with Crippen molar-refractivity contribution in [2.24, 2.45) is 5.10 Å². The topological polar surface area (TPSA) is 121 Å². The molecule has 0 aliphatic carbocycles. The van der Waals surface area contributed by atoms with Gasteiger partial charge in [-0.1, -0.05) is 62.9 Å². The number of rotatable bonds is 9. The van der Waals surface area contributed by atoms with Crippen LogP contribution in [0.3, 0.4) is 0 Å². The second-order valence-electron chi connectivity index (χ2n) is 8.80. The number of anilines is 1. The van der Waals surface area contributed by atoms with Gasteiger partial charge in [0.1, 0.15) is 11.5 Å². The Labute approximate surface area is 255 Å². The van der Waals surface area contributed by atoms with Crippen LogP contribution in [-0.4, -0.2) is 30.8 Å². The highest BCUT2D eigenvalue weighted by molar-refractivity contribution is 9.10. The van der Waals surface area contributed by atoms with Gasteiger partial charge in [0, 0.05) is 16.7 Å². The number of benzene rings is 3. The summed E-state index contributed by atoms with van der Waals surface area (Å²) in [5, 5.41) is 6.87. The third-order valence-electron chi connectivity index (χ3n) is 5.68. The second-order valence-corrected chi connectivity index (χ2v) is 12.5. The van der Waals surface area contributed by atoms with Crippen molar-refractivity contribution in [2.75, 3.05) is 5.32 Å². The average molecular weight is 678 g/mol. The van der Waals surface area contributed by atoms with Crippen LogP contribution < -0.4 is 10.7 Å². The van der Waals surface area contributed by atoms with Gasteiger partial charge in [0.05, 0.1) is 27.7 Å². The highest BCUT2D eigenvalue weighted by Gasteiger charge is 2.26. The molecule has 212 valence electrons. The molecule has 0 bridgehead atoms. The zero-order valence-electron chi connectivity index (χ0n) is 21.5. The van der Waals surface area contributed by atoms with Gasteiger partial charge in [0.2, 0.25) is 10.0 Å². The molecule has 1 heterocycles. The molecule has 9 nitrogen and oxygen atoms in total. The van der Waals surface area contributed by atoms with Gasteiger partial charge in [-0.3, -0.25) is 9.59 Å². The molecule has 0 saturated heterocycles. The van der Waals surface area contributed by atoms with Crippen LogP contribution in [0.1, 0.15) is 22.6 Å². The van der Waals surface area contributed by atoms with Gasteiger partial charge < -0.3 is 9.73 Å². The summed E-state index contributed by atoms with van der Waals surface area (Å²) in [6.07, 6.45) is 1.20. The van der Waals surface area contributed by atoms with Crippen molar-refractivity contribution in [3.05, 3.63) is 116 Å². The summed E-state index contributed by atoms with van der Waals surface area (Å²) in [4.78, 5) is 24.3. The maximum absolute atomic E-state index is 13.6. The Hall–Kier alpha value is -3.48. The first-order valence-electron chi connectivity index (χ1n) is 12.0. The normalized spacial score (nSPS) is 11.6. The van der Waals surface area contributed by atoms with E-state index >= 15 is 0 Å². The lowest BCUT2D eigenvalue weighted by molar-refractivity contribution is -0.136. The number of nitrogens with one attached hydrogen (secondary N) is 2. The number of aryl methyl sites for hydroxylation is 1. The predicted octanol–water partition coefficient (Wildman–Crippen LogP) is 6.14.